The number of rotatable bonds is 2. The Morgan fingerprint density at radius 2 is 1.47 bits per heavy atom. The summed E-state index contributed by atoms with van der Waals surface area (Å²) in [6, 6.07) is 15.8. The van der Waals surface area contributed by atoms with Gasteiger partial charge in [0.2, 0.25) is 0 Å². The van der Waals surface area contributed by atoms with E-state index < -0.39 is 0 Å². The zero-order valence-corrected chi connectivity index (χ0v) is 9.46. The van der Waals surface area contributed by atoms with Crippen LogP contribution in [0.4, 0.5) is 5.69 Å². The minimum Gasteiger partial charge on any atom is -0.386 e. The van der Waals surface area contributed by atoms with Crippen LogP contribution >= 0.6 is 0 Å². The Kier molecular flexibility index (Phi) is 2.26. The van der Waals surface area contributed by atoms with Crippen LogP contribution in [0.25, 0.3) is 16.7 Å². The van der Waals surface area contributed by atoms with Crippen LogP contribution in [-0.2, 0) is 0 Å². The molecule has 0 spiro atoms. The minimum atomic E-state index is 0.901. The Bertz CT molecular complexity index is 624. The van der Waals surface area contributed by atoms with E-state index in [1.807, 2.05) is 55.6 Å². The van der Waals surface area contributed by atoms with Gasteiger partial charge in [-0.3, -0.25) is 0 Å². The lowest BCUT2D eigenvalue weighted by Gasteiger charge is -2.06. The van der Waals surface area contributed by atoms with E-state index in [4.69, 9.17) is 0 Å². The zero-order chi connectivity index (χ0) is 11.7. The number of hydrogen-bond donors (Lipinski definition) is 1. The standard InChI is InChI=1S/C13H12N4/c1-14-12-8-4-5-9-13(12)17-15-10-6-2-3-7-11(10)16-17/h2-9,14H,1H3. The van der Waals surface area contributed by atoms with Gasteiger partial charge in [0.1, 0.15) is 16.7 Å². The molecule has 0 amide bonds. The lowest BCUT2D eigenvalue weighted by molar-refractivity contribution is 0.767. The maximum atomic E-state index is 4.46. The van der Waals surface area contributed by atoms with Gasteiger partial charge in [-0.15, -0.1) is 15.0 Å². The predicted molar refractivity (Wildman–Crippen MR) is 68.4 cm³/mol. The van der Waals surface area contributed by atoms with E-state index in [2.05, 4.69) is 15.5 Å². The van der Waals surface area contributed by atoms with Crippen LogP contribution in [0.15, 0.2) is 48.5 Å². The van der Waals surface area contributed by atoms with Crippen molar-refractivity contribution < 1.29 is 0 Å². The Balaban J connectivity index is 2.20. The number of fused-ring (bicyclic) bond motifs is 1. The highest BCUT2D eigenvalue weighted by Gasteiger charge is 2.06. The van der Waals surface area contributed by atoms with Crippen LogP contribution in [0, 0.1) is 0 Å². The summed E-state index contributed by atoms with van der Waals surface area (Å²) < 4.78 is 0. The van der Waals surface area contributed by atoms with Gasteiger partial charge in [-0.1, -0.05) is 24.3 Å². The first kappa shape index (κ1) is 9.84. The monoisotopic (exact) mass is 224 g/mol. The van der Waals surface area contributed by atoms with Crippen molar-refractivity contribution in [2.45, 2.75) is 0 Å². The molecule has 4 nitrogen and oxygen atoms in total. The van der Waals surface area contributed by atoms with E-state index in [-0.39, 0.29) is 0 Å². The van der Waals surface area contributed by atoms with Gasteiger partial charge in [0, 0.05) is 7.05 Å². The molecule has 0 bridgehead atoms. The fraction of sp³-hybridized carbons (Fsp3) is 0.0769. The largest absolute Gasteiger partial charge is 0.386 e. The third-order valence-corrected chi connectivity index (χ3v) is 2.68. The van der Waals surface area contributed by atoms with Crippen molar-refractivity contribution in [3.8, 4) is 5.69 Å². The number of hydrogen-bond acceptors (Lipinski definition) is 3. The molecule has 3 aromatic rings. The molecule has 2 aromatic carbocycles. The number of benzene rings is 2. The quantitative estimate of drug-likeness (QED) is 0.727. The molecule has 17 heavy (non-hydrogen) atoms. The van der Waals surface area contributed by atoms with Crippen LogP contribution in [0.1, 0.15) is 0 Å². The smallest absolute Gasteiger partial charge is 0.113 e. The lowest BCUT2D eigenvalue weighted by atomic mass is 10.3. The van der Waals surface area contributed by atoms with Gasteiger partial charge in [-0.05, 0) is 24.3 Å². The molecule has 0 aliphatic heterocycles. The third kappa shape index (κ3) is 1.63. The molecule has 0 aliphatic rings. The normalized spacial score (nSPS) is 10.6. The van der Waals surface area contributed by atoms with Crippen molar-refractivity contribution in [1.29, 1.82) is 0 Å². The molecule has 0 saturated heterocycles. The molecule has 1 heterocycles. The van der Waals surface area contributed by atoms with Gasteiger partial charge in [0.05, 0.1) is 5.69 Å². The first-order chi connectivity index (χ1) is 8.38. The van der Waals surface area contributed by atoms with E-state index in [0.29, 0.717) is 0 Å². The fourth-order valence-corrected chi connectivity index (χ4v) is 1.83. The summed E-state index contributed by atoms with van der Waals surface area (Å²) in [7, 11) is 1.89. The number of aromatic nitrogens is 3. The Labute approximate surface area is 98.9 Å². The Morgan fingerprint density at radius 3 is 2.12 bits per heavy atom. The van der Waals surface area contributed by atoms with Crippen LogP contribution in [0.3, 0.4) is 0 Å². The van der Waals surface area contributed by atoms with E-state index in [1.165, 1.54) is 0 Å². The molecule has 1 N–H and O–H groups in total. The van der Waals surface area contributed by atoms with Crippen LogP contribution in [0.5, 0.6) is 0 Å². The molecule has 0 saturated carbocycles. The summed E-state index contributed by atoms with van der Waals surface area (Å²) >= 11 is 0. The average molecular weight is 224 g/mol. The second kappa shape index (κ2) is 3.90. The van der Waals surface area contributed by atoms with Crippen molar-refractivity contribution in [2.75, 3.05) is 12.4 Å². The van der Waals surface area contributed by atoms with E-state index in [0.717, 1.165) is 22.4 Å². The van der Waals surface area contributed by atoms with E-state index >= 15 is 0 Å². The Morgan fingerprint density at radius 1 is 0.882 bits per heavy atom. The second-order valence-electron chi connectivity index (χ2n) is 3.75. The van der Waals surface area contributed by atoms with Crippen LogP contribution in [-0.4, -0.2) is 22.0 Å². The summed E-state index contributed by atoms with van der Waals surface area (Å²) in [6.45, 7) is 0. The van der Waals surface area contributed by atoms with Crippen LogP contribution in [0.2, 0.25) is 0 Å². The molecule has 0 radical (unpaired) electrons. The van der Waals surface area contributed by atoms with Gasteiger partial charge in [0.15, 0.2) is 0 Å². The minimum absolute atomic E-state index is 0.901. The number of para-hydroxylation sites is 2. The number of nitrogens with zero attached hydrogens (tertiary/aromatic N) is 3. The number of nitrogens with one attached hydrogen (secondary N) is 1. The fourth-order valence-electron chi connectivity index (χ4n) is 1.83. The summed E-state index contributed by atoms with van der Waals surface area (Å²) in [6.07, 6.45) is 0. The Hall–Kier alpha value is -2.36. The highest BCUT2D eigenvalue weighted by molar-refractivity contribution is 5.74. The van der Waals surface area contributed by atoms with Gasteiger partial charge in [-0.2, -0.15) is 0 Å². The van der Waals surface area contributed by atoms with Crippen molar-refractivity contribution >= 4 is 16.7 Å². The summed E-state index contributed by atoms with van der Waals surface area (Å²) in [5.74, 6) is 0. The SMILES string of the molecule is CNc1ccccc1-n1nc2ccccc2n1. The molecule has 84 valence electrons. The average Bonchev–Trinajstić information content (AvgIpc) is 2.82. The van der Waals surface area contributed by atoms with E-state index in [1.54, 1.807) is 4.80 Å². The predicted octanol–water partition coefficient (Wildman–Crippen LogP) is 2.46. The summed E-state index contributed by atoms with van der Waals surface area (Å²) in [5.41, 5.74) is 3.76. The maximum absolute atomic E-state index is 4.46. The molecule has 3 rings (SSSR count). The molecular formula is C13H12N4. The first-order valence-electron chi connectivity index (χ1n) is 5.48. The third-order valence-electron chi connectivity index (χ3n) is 2.68. The lowest BCUT2D eigenvalue weighted by Crippen LogP contribution is -2.02. The van der Waals surface area contributed by atoms with Crippen molar-refractivity contribution in [3.05, 3.63) is 48.5 Å². The molecule has 4 heteroatoms. The molecule has 0 unspecified atom stereocenters. The summed E-state index contributed by atoms with van der Waals surface area (Å²) in [5, 5.41) is 12.1. The van der Waals surface area contributed by atoms with Crippen molar-refractivity contribution in [2.24, 2.45) is 0 Å². The van der Waals surface area contributed by atoms with Gasteiger partial charge in [0.25, 0.3) is 0 Å². The van der Waals surface area contributed by atoms with Crippen molar-refractivity contribution in [3.63, 3.8) is 0 Å². The molecule has 0 fully saturated rings. The zero-order valence-electron chi connectivity index (χ0n) is 9.46. The summed E-state index contributed by atoms with van der Waals surface area (Å²) in [4.78, 5) is 1.66. The van der Waals surface area contributed by atoms with Crippen LogP contribution < -0.4 is 5.32 Å². The first-order valence-corrected chi connectivity index (χ1v) is 5.48. The maximum Gasteiger partial charge on any atom is 0.113 e. The van der Waals surface area contributed by atoms with Gasteiger partial charge in [-0.25, -0.2) is 0 Å². The number of anilines is 1. The van der Waals surface area contributed by atoms with Crippen molar-refractivity contribution in [1.82, 2.24) is 15.0 Å². The molecule has 0 aliphatic carbocycles. The highest BCUT2D eigenvalue weighted by Crippen LogP contribution is 2.19. The van der Waals surface area contributed by atoms with Gasteiger partial charge >= 0.3 is 0 Å². The molecule has 0 atom stereocenters. The van der Waals surface area contributed by atoms with Gasteiger partial charge < -0.3 is 5.32 Å². The topological polar surface area (TPSA) is 42.7 Å². The van der Waals surface area contributed by atoms with E-state index in [9.17, 15) is 0 Å². The highest BCUT2D eigenvalue weighted by atomic mass is 15.5. The second-order valence-corrected chi connectivity index (χ2v) is 3.75. The molecular weight excluding hydrogens is 212 g/mol. The molecule has 1 aromatic heterocycles.